The minimum atomic E-state index is 0.750. The Balaban J connectivity index is 2.02. The van der Waals surface area contributed by atoms with E-state index in [0.717, 1.165) is 11.3 Å². The van der Waals surface area contributed by atoms with Gasteiger partial charge in [0.2, 0.25) is 0 Å². The number of hydrogen-bond donors (Lipinski definition) is 0. The summed E-state index contributed by atoms with van der Waals surface area (Å²) >= 11 is 0. The minimum Gasteiger partial charge on any atom is -0.0845 e. The Bertz CT molecular complexity index is 192. The van der Waals surface area contributed by atoms with Crippen molar-refractivity contribution in [2.75, 3.05) is 0 Å². The van der Waals surface area contributed by atoms with Gasteiger partial charge in [-0.15, -0.1) is 0 Å². The third kappa shape index (κ3) is 1.32. The van der Waals surface area contributed by atoms with Crippen molar-refractivity contribution in [3.05, 3.63) is 11.6 Å². The molecule has 2 aliphatic carbocycles. The van der Waals surface area contributed by atoms with Gasteiger partial charge in [0.25, 0.3) is 0 Å². The molecule has 1 spiro atoms. The van der Waals surface area contributed by atoms with Crippen LogP contribution >= 0.6 is 0 Å². The Hall–Kier alpha value is -0.260. The zero-order valence-electron chi connectivity index (χ0n) is 8.40. The first-order valence-corrected chi connectivity index (χ1v) is 5.41. The van der Waals surface area contributed by atoms with E-state index in [0.29, 0.717) is 0 Å². The van der Waals surface area contributed by atoms with E-state index < -0.39 is 0 Å². The van der Waals surface area contributed by atoms with Crippen molar-refractivity contribution in [1.82, 2.24) is 0 Å². The number of rotatable bonds is 1. The first-order valence-electron chi connectivity index (χ1n) is 5.41. The summed E-state index contributed by atoms with van der Waals surface area (Å²) in [5.41, 5.74) is 2.48. The SMILES string of the molecule is CC(C)C1=CCC2(CCCC2)C1. The Kier molecular flexibility index (Phi) is 2.02. The highest BCUT2D eigenvalue weighted by molar-refractivity contribution is 5.17. The summed E-state index contributed by atoms with van der Waals surface area (Å²) in [5, 5.41) is 0. The van der Waals surface area contributed by atoms with E-state index in [4.69, 9.17) is 0 Å². The summed E-state index contributed by atoms with van der Waals surface area (Å²) < 4.78 is 0. The van der Waals surface area contributed by atoms with Crippen LogP contribution in [-0.4, -0.2) is 0 Å². The van der Waals surface area contributed by atoms with E-state index in [1.165, 1.54) is 38.5 Å². The third-order valence-corrected chi connectivity index (χ3v) is 3.78. The monoisotopic (exact) mass is 164 g/mol. The average Bonchev–Trinajstić information content (AvgIpc) is 2.62. The molecule has 68 valence electrons. The highest BCUT2D eigenvalue weighted by Crippen LogP contribution is 2.51. The van der Waals surface area contributed by atoms with Gasteiger partial charge in [-0.25, -0.2) is 0 Å². The van der Waals surface area contributed by atoms with Gasteiger partial charge in [-0.2, -0.15) is 0 Å². The molecule has 0 aromatic carbocycles. The van der Waals surface area contributed by atoms with Gasteiger partial charge in [-0.05, 0) is 37.0 Å². The molecule has 0 N–H and O–H groups in total. The Morgan fingerprint density at radius 2 is 1.92 bits per heavy atom. The van der Waals surface area contributed by atoms with E-state index in [1.807, 2.05) is 0 Å². The molecular weight excluding hydrogens is 144 g/mol. The predicted molar refractivity (Wildman–Crippen MR) is 53.1 cm³/mol. The van der Waals surface area contributed by atoms with Crippen LogP contribution in [0, 0.1) is 11.3 Å². The molecule has 2 aliphatic rings. The van der Waals surface area contributed by atoms with Crippen LogP contribution in [0.4, 0.5) is 0 Å². The topological polar surface area (TPSA) is 0 Å². The average molecular weight is 164 g/mol. The predicted octanol–water partition coefficient (Wildman–Crippen LogP) is 3.92. The minimum absolute atomic E-state index is 0.750. The zero-order valence-corrected chi connectivity index (χ0v) is 8.40. The van der Waals surface area contributed by atoms with Crippen LogP contribution in [0.25, 0.3) is 0 Å². The summed E-state index contributed by atoms with van der Waals surface area (Å²) in [7, 11) is 0. The van der Waals surface area contributed by atoms with Crippen LogP contribution in [0.5, 0.6) is 0 Å². The molecule has 0 amide bonds. The molecule has 1 saturated carbocycles. The second kappa shape index (κ2) is 2.90. The van der Waals surface area contributed by atoms with E-state index in [9.17, 15) is 0 Å². The molecule has 2 rings (SSSR count). The van der Waals surface area contributed by atoms with Gasteiger partial charge < -0.3 is 0 Å². The fourth-order valence-corrected chi connectivity index (χ4v) is 2.87. The molecule has 0 nitrogen and oxygen atoms in total. The maximum atomic E-state index is 2.52. The summed E-state index contributed by atoms with van der Waals surface area (Å²) in [4.78, 5) is 0. The van der Waals surface area contributed by atoms with E-state index in [2.05, 4.69) is 19.9 Å². The second-order valence-electron chi connectivity index (χ2n) is 5.02. The lowest BCUT2D eigenvalue weighted by molar-refractivity contribution is 0.314. The fourth-order valence-electron chi connectivity index (χ4n) is 2.87. The summed E-state index contributed by atoms with van der Waals surface area (Å²) in [5.74, 6) is 0.796. The number of allylic oxidation sites excluding steroid dienone is 2. The third-order valence-electron chi connectivity index (χ3n) is 3.78. The highest BCUT2D eigenvalue weighted by Gasteiger charge is 2.37. The molecule has 0 saturated heterocycles. The van der Waals surface area contributed by atoms with Gasteiger partial charge >= 0.3 is 0 Å². The Morgan fingerprint density at radius 3 is 2.42 bits per heavy atom. The molecule has 1 fully saturated rings. The van der Waals surface area contributed by atoms with Crippen molar-refractivity contribution < 1.29 is 0 Å². The van der Waals surface area contributed by atoms with Crippen molar-refractivity contribution in [3.63, 3.8) is 0 Å². The first-order chi connectivity index (χ1) is 5.72. The smallest absolute Gasteiger partial charge is 0.0226 e. The molecule has 0 radical (unpaired) electrons. The molecule has 0 aromatic heterocycles. The molecule has 12 heavy (non-hydrogen) atoms. The summed E-state index contributed by atoms with van der Waals surface area (Å²) in [6.45, 7) is 4.67. The molecule has 0 atom stereocenters. The molecule has 0 heterocycles. The van der Waals surface area contributed by atoms with Crippen LogP contribution in [0.2, 0.25) is 0 Å². The van der Waals surface area contributed by atoms with Crippen molar-refractivity contribution in [1.29, 1.82) is 0 Å². The van der Waals surface area contributed by atoms with Gasteiger partial charge in [0.05, 0.1) is 0 Å². The Morgan fingerprint density at radius 1 is 1.25 bits per heavy atom. The highest BCUT2D eigenvalue weighted by atomic mass is 14.4. The lowest BCUT2D eigenvalue weighted by atomic mass is 9.81. The number of hydrogen-bond acceptors (Lipinski definition) is 0. The lowest BCUT2D eigenvalue weighted by Gasteiger charge is -2.23. The molecule has 0 aromatic rings. The molecule has 0 aliphatic heterocycles. The standard InChI is InChI=1S/C12H20/c1-10(2)11-5-8-12(9-11)6-3-4-7-12/h5,10H,3-4,6-9H2,1-2H3. The largest absolute Gasteiger partial charge is 0.0845 e. The van der Waals surface area contributed by atoms with Crippen molar-refractivity contribution in [2.24, 2.45) is 11.3 Å². The van der Waals surface area contributed by atoms with Crippen LogP contribution < -0.4 is 0 Å². The van der Waals surface area contributed by atoms with Crippen LogP contribution in [-0.2, 0) is 0 Å². The second-order valence-corrected chi connectivity index (χ2v) is 5.02. The Labute approximate surface area is 76.1 Å². The van der Waals surface area contributed by atoms with Gasteiger partial charge in [-0.1, -0.05) is 38.3 Å². The molecule has 0 unspecified atom stereocenters. The van der Waals surface area contributed by atoms with Crippen LogP contribution in [0.1, 0.15) is 52.4 Å². The van der Waals surface area contributed by atoms with E-state index >= 15 is 0 Å². The van der Waals surface area contributed by atoms with Crippen molar-refractivity contribution in [2.45, 2.75) is 52.4 Å². The zero-order chi connectivity index (χ0) is 8.60. The van der Waals surface area contributed by atoms with Crippen molar-refractivity contribution >= 4 is 0 Å². The molecular formula is C12H20. The van der Waals surface area contributed by atoms with Crippen molar-refractivity contribution in [3.8, 4) is 0 Å². The first kappa shape index (κ1) is 8.34. The summed E-state index contributed by atoms with van der Waals surface area (Å²) in [6.07, 6.45) is 11.3. The fraction of sp³-hybridized carbons (Fsp3) is 0.833. The maximum absolute atomic E-state index is 2.52. The van der Waals surface area contributed by atoms with Gasteiger partial charge in [-0.3, -0.25) is 0 Å². The van der Waals surface area contributed by atoms with Crippen LogP contribution in [0.15, 0.2) is 11.6 Å². The normalized spacial score (nSPS) is 27.1. The maximum Gasteiger partial charge on any atom is -0.0226 e. The lowest BCUT2D eigenvalue weighted by Crippen LogP contribution is -2.11. The van der Waals surface area contributed by atoms with E-state index in [1.54, 1.807) is 5.57 Å². The quantitative estimate of drug-likeness (QED) is 0.515. The van der Waals surface area contributed by atoms with Crippen LogP contribution in [0.3, 0.4) is 0 Å². The summed E-state index contributed by atoms with van der Waals surface area (Å²) in [6, 6.07) is 0. The van der Waals surface area contributed by atoms with Gasteiger partial charge in [0.15, 0.2) is 0 Å². The van der Waals surface area contributed by atoms with Gasteiger partial charge in [0.1, 0.15) is 0 Å². The molecule has 0 heteroatoms. The van der Waals surface area contributed by atoms with E-state index in [-0.39, 0.29) is 0 Å². The molecule has 0 bridgehead atoms. The van der Waals surface area contributed by atoms with Gasteiger partial charge in [0, 0.05) is 0 Å².